The smallest absolute Gasteiger partial charge is 0.339 e. The molecule has 0 aliphatic carbocycles. The maximum Gasteiger partial charge on any atom is 0.339 e. The second-order valence-corrected chi connectivity index (χ2v) is 6.82. The van der Waals surface area contributed by atoms with Crippen molar-refractivity contribution in [2.45, 2.75) is 33.1 Å². The molecule has 2 aromatic carbocycles. The fourth-order valence-electron chi connectivity index (χ4n) is 2.89. The summed E-state index contributed by atoms with van der Waals surface area (Å²) in [6, 6.07) is 8.62. The molecule has 0 bridgehead atoms. The zero-order valence-corrected chi connectivity index (χ0v) is 17.3. The van der Waals surface area contributed by atoms with Crippen molar-refractivity contribution in [2.75, 3.05) is 13.2 Å². The topological polar surface area (TPSA) is 127 Å². The van der Waals surface area contributed by atoms with Gasteiger partial charge in [0.1, 0.15) is 0 Å². The van der Waals surface area contributed by atoms with Gasteiger partial charge in [0, 0.05) is 0 Å². The summed E-state index contributed by atoms with van der Waals surface area (Å²) < 4.78 is 10.1. The van der Waals surface area contributed by atoms with Crippen LogP contribution in [0.4, 0.5) is 0 Å². The highest BCUT2D eigenvalue weighted by molar-refractivity contribution is 6.03. The van der Waals surface area contributed by atoms with E-state index in [4.69, 9.17) is 9.47 Å². The van der Waals surface area contributed by atoms with Crippen molar-refractivity contribution in [3.63, 3.8) is 0 Å². The van der Waals surface area contributed by atoms with Gasteiger partial charge in [-0.1, -0.05) is 26.0 Å². The minimum absolute atomic E-state index is 0.0665. The normalized spacial score (nSPS) is 10.4. The number of carbonyl (C=O) groups excluding carboxylic acids is 2. The molecule has 164 valence electrons. The minimum atomic E-state index is -1.25. The lowest BCUT2D eigenvalue weighted by molar-refractivity contribution is 0.0489. The number of esters is 2. The van der Waals surface area contributed by atoms with Crippen LogP contribution >= 0.6 is 0 Å². The molecule has 0 atom stereocenters. The van der Waals surface area contributed by atoms with Gasteiger partial charge in [0.25, 0.3) is 0 Å². The summed E-state index contributed by atoms with van der Waals surface area (Å²) in [6.45, 7) is 3.99. The first kappa shape index (κ1) is 23.6. The largest absolute Gasteiger partial charge is 0.478 e. The van der Waals surface area contributed by atoms with E-state index in [0.29, 0.717) is 24.0 Å². The molecule has 0 amide bonds. The summed E-state index contributed by atoms with van der Waals surface area (Å²) in [5, 5.41) is 18.7. The van der Waals surface area contributed by atoms with Crippen molar-refractivity contribution < 1.29 is 38.9 Å². The van der Waals surface area contributed by atoms with Gasteiger partial charge >= 0.3 is 23.9 Å². The average molecular weight is 428 g/mol. The molecule has 0 aliphatic heterocycles. The lowest BCUT2D eigenvalue weighted by atomic mass is 9.96. The van der Waals surface area contributed by atoms with Gasteiger partial charge in [-0.2, -0.15) is 0 Å². The quantitative estimate of drug-likeness (QED) is 0.547. The van der Waals surface area contributed by atoms with Crippen LogP contribution in [0.25, 0.3) is 0 Å². The number of hydrogen-bond donors (Lipinski definition) is 2. The van der Waals surface area contributed by atoms with E-state index in [1.165, 1.54) is 24.3 Å². The molecule has 8 nitrogen and oxygen atoms in total. The summed E-state index contributed by atoms with van der Waals surface area (Å²) in [7, 11) is 0. The Labute approximate surface area is 179 Å². The molecule has 31 heavy (non-hydrogen) atoms. The molecule has 2 N–H and O–H groups in total. The van der Waals surface area contributed by atoms with Gasteiger partial charge in [-0.3, -0.25) is 0 Å². The summed E-state index contributed by atoms with van der Waals surface area (Å²) in [6.07, 6.45) is 1.43. The van der Waals surface area contributed by atoms with E-state index in [1.807, 2.05) is 13.8 Å². The fraction of sp³-hybridized carbons (Fsp3) is 0.304. The van der Waals surface area contributed by atoms with Crippen LogP contribution in [-0.2, 0) is 15.9 Å². The lowest BCUT2D eigenvalue weighted by Gasteiger charge is -2.11. The molecular weight excluding hydrogens is 404 g/mol. The Kier molecular flexibility index (Phi) is 8.31. The second kappa shape index (κ2) is 10.9. The van der Waals surface area contributed by atoms with E-state index in [-0.39, 0.29) is 41.9 Å². The Morgan fingerprint density at radius 3 is 1.39 bits per heavy atom. The van der Waals surface area contributed by atoms with Crippen LogP contribution in [-0.4, -0.2) is 47.3 Å². The first-order valence-corrected chi connectivity index (χ1v) is 9.85. The molecule has 0 saturated heterocycles. The zero-order valence-electron chi connectivity index (χ0n) is 17.3. The first-order valence-electron chi connectivity index (χ1n) is 9.85. The SMILES string of the molecule is CCCOC(=O)c1cc(Cc2ccc(C(=O)O)c(C(=O)OCCC)c2)ccc1C(=O)O. The third-order valence-corrected chi connectivity index (χ3v) is 4.35. The number of hydrogen-bond acceptors (Lipinski definition) is 6. The van der Waals surface area contributed by atoms with E-state index >= 15 is 0 Å². The number of carboxylic acid groups (broad SMARTS) is 2. The standard InChI is InChI=1S/C23H24O8/c1-3-9-30-22(28)18-12-14(5-7-16(18)20(24)25)11-15-6-8-17(21(26)27)19(13-15)23(29)31-10-4-2/h5-8,12-13H,3-4,9-11H2,1-2H3,(H,24,25)(H,26,27). The summed E-state index contributed by atoms with van der Waals surface area (Å²) >= 11 is 0. The van der Waals surface area contributed by atoms with Crippen molar-refractivity contribution in [2.24, 2.45) is 0 Å². The molecular formula is C23H24O8. The number of rotatable bonds is 10. The molecule has 0 aromatic heterocycles. The Bertz CT molecular complexity index is 914. The number of ether oxygens (including phenoxy) is 2. The zero-order chi connectivity index (χ0) is 23.0. The predicted octanol–water partition coefficient (Wildman–Crippen LogP) is 3.81. The van der Waals surface area contributed by atoms with Crippen LogP contribution in [0.3, 0.4) is 0 Å². The number of carbonyl (C=O) groups is 4. The Morgan fingerprint density at radius 1 is 0.677 bits per heavy atom. The van der Waals surface area contributed by atoms with Gasteiger partial charge in [0.2, 0.25) is 0 Å². The van der Waals surface area contributed by atoms with Gasteiger partial charge in [-0.05, 0) is 54.7 Å². The monoisotopic (exact) mass is 428 g/mol. The summed E-state index contributed by atoms with van der Waals surface area (Å²) in [5.41, 5.74) is 0.727. The molecule has 0 radical (unpaired) electrons. The Hall–Kier alpha value is -3.68. The van der Waals surface area contributed by atoms with Gasteiger partial charge in [0.15, 0.2) is 0 Å². The van der Waals surface area contributed by atoms with Crippen LogP contribution in [0.1, 0.15) is 79.2 Å². The van der Waals surface area contributed by atoms with Crippen LogP contribution in [0.5, 0.6) is 0 Å². The second-order valence-electron chi connectivity index (χ2n) is 6.82. The maximum absolute atomic E-state index is 12.3. The Morgan fingerprint density at radius 2 is 1.06 bits per heavy atom. The molecule has 0 spiro atoms. The molecule has 0 heterocycles. The highest BCUT2D eigenvalue weighted by Gasteiger charge is 2.20. The number of carboxylic acids is 2. The van der Waals surface area contributed by atoms with E-state index in [0.717, 1.165) is 0 Å². The van der Waals surface area contributed by atoms with E-state index in [2.05, 4.69) is 0 Å². The van der Waals surface area contributed by atoms with Crippen LogP contribution in [0.15, 0.2) is 36.4 Å². The van der Waals surface area contributed by atoms with Gasteiger partial charge < -0.3 is 19.7 Å². The van der Waals surface area contributed by atoms with E-state index in [1.54, 1.807) is 12.1 Å². The molecule has 0 aliphatic rings. The van der Waals surface area contributed by atoms with Crippen molar-refractivity contribution in [1.29, 1.82) is 0 Å². The molecule has 0 fully saturated rings. The van der Waals surface area contributed by atoms with E-state index in [9.17, 15) is 29.4 Å². The number of benzene rings is 2. The van der Waals surface area contributed by atoms with Crippen molar-refractivity contribution in [3.8, 4) is 0 Å². The third kappa shape index (κ3) is 6.15. The van der Waals surface area contributed by atoms with Gasteiger partial charge in [0.05, 0.1) is 35.5 Å². The van der Waals surface area contributed by atoms with Gasteiger partial charge in [-0.25, -0.2) is 19.2 Å². The number of aromatic carboxylic acids is 2. The highest BCUT2D eigenvalue weighted by atomic mass is 16.5. The van der Waals surface area contributed by atoms with Crippen molar-refractivity contribution in [1.82, 2.24) is 0 Å². The molecule has 8 heteroatoms. The highest BCUT2D eigenvalue weighted by Crippen LogP contribution is 2.20. The molecule has 0 unspecified atom stereocenters. The summed E-state index contributed by atoms with van der Waals surface area (Å²) in [5.74, 6) is -3.96. The lowest BCUT2D eigenvalue weighted by Crippen LogP contribution is -2.14. The average Bonchev–Trinajstić information content (AvgIpc) is 2.75. The van der Waals surface area contributed by atoms with Crippen molar-refractivity contribution in [3.05, 3.63) is 69.8 Å². The maximum atomic E-state index is 12.3. The molecule has 2 rings (SSSR count). The van der Waals surface area contributed by atoms with Gasteiger partial charge in [-0.15, -0.1) is 0 Å². The van der Waals surface area contributed by atoms with Crippen molar-refractivity contribution >= 4 is 23.9 Å². The minimum Gasteiger partial charge on any atom is -0.478 e. The van der Waals surface area contributed by atoms with Crippen LogP contribution in [0, 0.1) is 0 Å². The summed E-state index contributed by atoms with van der Waals surface area (Å²) in [4.78, 5) is 47.5. The predicted molar refractivity (Wildman–Crippen MR) is 111 cm³/mol. The molecule has 2 aromatic rings. The van der Waals surface area contributed by atoms with Crippen LogP contribution in [0.2, 0.25) is 0 Å². The van der Waals surface area contributed by atoms with E-state index < -0.39 is 23.9 Å². The third-order valence-electron chi connectivity index (χ3n) is 4.35. The fourth-order valence-corrected chi connectivity index (χ4v) is 2.89. The van der Waals surface area contributed by atoms with Crippen LogP contribution < -0.4 is 0 Å². The first-order chi connectivity index (χ1) is 14.8. The Balaban J connectivity index is 2.39. The molecule has 0 saturated carbocycles.